The zero-order valence-corrected chi connectivity index (χ0v) is 20.2. The molecule has 1 saturated heterocycles. The normalized spacial score (nSPS) is 14.9. The molecule has 9 nitrogen and oxygen atoms in total. The molecule has 0 amide bonds. The third-order valence-electron chi connectivity index (χ3n) is 6.63. The number of benzene rings is 2. The highest BCUT2D eigenvalue weighted by Gasteiger charge is 2.22. The average Bonchev–Trinajstić information content (AvgIpc) is 3.34. The van der Waals surface area contributed by atoms with Gasteiger partial charge < -0.3 is 24.9 Å². The van der Waals surface area contributed by atoms with Crippen LogP contribution in [-0.4, -0.2) is 51.2 Å². The Morgan fingerprint density at radius 2 is 1.81 bits per heavy atom. The van der Waals surface area contributed by atoms with Crippen LogP contribution in [0.5, 0.6) is 0 Å². The Labute approximate surface area is 207 Å². The number of imidazole rings is 1. The van der Waals surface area contributed by atoms with Gasteiger partial charge in [0.25, 0.3) is 5.56 Å². The summed E-state index contributed by atoms with van der Waals surface area (Å²) in [4.78, 5) is 35.9. The van der Waals surface area contributed by atoms with Gasteiger partial charge in [0.15, 0.2) is 0 Å². The van der Waals surface area contributed by atoms with Gasteiger partial charge in [-0.1, -0.05) is 18.2 Å². The van der Waals surface area contributed by atoms with Crippen LogP contribution < -0.4 is 15.8 Å². The number of nitrogens with one attached hydrogen (secondary N) is 3. The minimum Gasteiger partial charge on any atom is -0.378 e. The number of H-pyrrole nitrogens is 2. The first-order valence-corrected chi connectivity index (χ1v) is 12.1. The van der Waals surface area contributed by atoms with Gasteiger partial charge in [-0.05, 0) is 43.7 Å². The van der Waals surface area contributed by atoms with Crippen LogP contribution in [0.15, 0.2) is 59.7 Å². The highest BCUT2D eigenvalue weighted by molar-refractivity contribution is 5.99. The molecular formula is C27H27N7O2. The van der Waals surface area contributed by atoms with E-state index in [1.165, 1.54) is 0 Å². The SMILES string of the molecule is Cc1cc(N2CCOCC2)cc2[nH]c(-c3c(NC(C)c4ncccn4)c4ccccc4[nH]c3=O)nc12. The lowest BCUT2D eigenvalue weighted by molar-refractivity contribution is 0.122. The minimum absolute atomic E-state index is 0.220. The first-order chi connectivity index (χ1) is 17.6. The standard InChI is InChI=1S/C27H27N7O2/c1-16-14-18(34-10-12-36-13-11-34)15-21-23(16)33-26(31-21)22-24(30-17(2)25-28-8-5-9-29-25)19-6-3-4-7-20(19)32-27(22)35/h3-9,14-15,17H,10-13H2,1-2H3,(H,31,33)(H2,30,32,35). The van der Waals surface area contributed by atoms with Crippen LogP contribution in [0, 0.1) is 6.92 Å². The maximum absolute atomic E-state index is 13.4. The minimum atomic E-state index is -0.228. The van der Waals surface area contributed by atoms with Crippen molar-refractivity contribution in [3.8, 4) is 11.4 Å². The van der Waals surface area contributed by atoms with Crippen molar-refractivity contribution >= 4 is 33.3 Å². The van der Waals surface area contributed by atoms with Crippen LogP contribution in [-0.2, 0) is 4.74 Å². The van der Waals surface area contributed by atoms with Crippen molar-refractivity contribution in [1.29, 1.82) is 0 Å². The summed E-state index contributed by atoms with van der Waals surface area (Å²) in [5.41, 5.74) is 5.59. The maximum atomic E-state index is 13.4. The number of ether oxygens (including phenoxy) is 1. The molecule has 1 unspecified atom stereocenters. The summed E-state index contributed by atoms with van der Waals surface area (Å²) < 4.78 is 5.51. The molecule has 3 aromatic heterocycles. The van der Waals surface area contributed by atoms with Crippen LogP contribution in [0.1, 0.15) is 24.4 Å². The van der Waals surface area contributed by atoms with E-state index >= 15 is 0 Å². The van der Waals surface area contributed by atoms with E-state index in [4.69, 9.17) is 9.72 Å². The molecule has 1 atom stereocenters. The summed E-state index contributed by atoms with van der Waals surface area (Å²) >= 11 is 0. The molecule has 0 saturated carbocycles. The zero-order chi connectivity index (χ0) is 24.6. The molecule has 0 spiro atoms. The molecule has 0 bridgehead atoms. The Hall–Kier alpha value is -4.24. The van der Waals surface area contributed by atoms with Gasteiger partial charge in [-0.2, -0.15) is 0 Å². The molecule has 6 rings (SSSR count). The lowest BCUT2D eigenvalue weighted by atomic mass is 10.1. The van der Waals surface area contributed by atoms with Crippen molar-refractivity contribution in [2.45, 2.75) is 19.9 Å². The second-order valence-corrected chi connectivity index (χ2v) is 9.07. The number of aromatic amines is 2. The van der Waals surface area contributed by atoms with E-state index in [-0.39, 0.29) is 11.6 Å². The molecule has 5 aromatic rings. The predicted molar refractivity (Wildman–Crippen MR) is 141 cm³/mol. The number of rotatable bonds is 5. The van der Waals surface area contributed by atoms with Crippen LogP contribution >= 0.6 is 0 Å². The second-order valence-electron chi connectivity index (χ2n) is 9.07. The zero-order valence-electron chi connectivity index (χ0n) is 20.2. The fourth-order valence-electron chi connectivity index (χ4n) is 4.83. The van der Waals surface area contributed by atoms with Crippen LogP contribution in [0.3, 0.4) is 0 Å². The summed E-state index contributed by atoms with van der Waals surface area (Å²) in [5, 5.41) is 4.39. The molecule has 9 heteroatoms. The van der Waals surface area contributed by atoms with E-state index in [9.17, 15) is 4.79 Å². The van der Waals surface area contributed by atoms with Gasteiger partial charge >= 0.3 is 0 Å². The quantitative estimate of drug-likeness (QED) is 0.345. The number of morpholine rings is 1. The number of aromatic nitrogens is 5. The Morgan fingerprint density at radius 3 is 2.61 bits per heavy atom. The van der Waals surface area contributed by atoms with Gasteiger partial charge in [-0.25, -0.2) is 15.0 Å². The summed E-state index contributed by atoms with van der Waals surface area (Å²) in [6.07, 6.45) is 3.43. The fraction of sp³-hybridized carbons (Fsp3) is 0.259. The van der Waals surface area contributed by atoms with Crippen molar-refractivity contribution in [1.82, 2.24) is 24.9 Å². The third kappa shape index (κ3) is 3.97. The molecule has 1 aliphatic rings. The van der Waals surface area contributed by atoms with E-state index in [1.54, 1.807) is 18.5 Å². The van der Waals surface area contributed by atoms with Gasteiger partial charge in [0.05, 0.1) is 41.5 Å². The van der Waals surface area contributed by atoms with Crippen molar-refractivity contribution in [2.75, 3.05) is 36.5 Å². The number of pyridine rings is 1. The maximum Gasteiger partial charge on any atom is 0.261 e. The third-order valence-corrected chi connectivity index (χ3v) is 6.63. The van der Waals surface area contributed by atoms with E-state index in [0.717, 1.165) is 59.5 Å². The summed E-state index contributed by atoms with van der Waals surface area (Å²) in [6.45, 7) is 7.17. The van der Waals surface area contributed by atoms with Crippen LogP contribution in [0.4, 0.5) is 11.4 Å². The molecule has 36 heavy (non-hydrogen) atoms. The summed E-state index contributed by atoms with van der Waals surface area (Å²) in [7, 11) is 0. The Balaban J connectivity index is 1.50. The van der Waals surface area contributed by atoms with E-state index < -0.39 is 0 Å². The number of fused-ring (bicyclic) bond motifs is 2. The molecule has 0 radical (unpaired) electrons. The van der Waals surface area contributed by atoms with Crippen molar-refractivity contribution in [3.63, 3.8) is 0 Å². The monoisotopic (exact) mass is 481 g/mol. The molecule has 1 fully saturated rings. The number of para-hydroxylation sites is 1. The fourth-order valence-corrected chi connectivity index (χ4v) is 4.83. The first kappa shape index (κ1) is 22.2. The molecule has 0 aliphatic carbocycles. The number of anilines is 2. The van der Waals surface area contributed by atoms with Crippen LogP contribution in [0.2, 0.25) is 0 Å². The highest BCUT2D eigenvalue weighted by Crippen LogP contribution is 2.34. The molecule has 1 aliphatic heterocycles. The highest BCUT2D eigenvalue weighted by atomic mass is 16.5. The van der Waals surface area contributed by atoms with Gasteiger partial charge in [-0.3, -0.25) is 4.79 Å². The largest absolute Gasteiger partial charge is 0.378 e. The molecular weight excluding hydrogens is 454 g/mol. The first-order valence-electron chi connectivity index (χ1n) is 12.1. The van der Waals surface area contributed by atoms with Gasteiger partial charge in [0.1, 0.15) is 17.2 Å². The van der Waals surface area contributed by atoms with Crippen LogP contribution in [0.25, 0.3) is 33.3 Å². The molecule has 182 valence electrons. The van der Waals surface area contributed by atoms with Gasteiger partial charge in [-0.15, -0.1) is 0 Å². The van der Waals surface area contributed by atoms with E-state index in [2.05, 4.69) is 49.2 Å². The summed E-state index contributed by atoms with van der Waals surface area (Å²) in [6, 6.07) is 13.6. The lowest BCUT2D eigenvalue weighted by Gasteiger charge is -2.29. The molecule has 2 aromatic carbocycles. The molecule has 3 N–H and O–H groups in total. The average molecular weight is 482 g/mol. The van der Waals surface area contributed by atoms with Crippen molar-refractivity contribution in [2.24, 2.45) is 0 Å². The second kappa shape index (κ2) is 9.09. The predicted octanol–water partition coefficient (Wildman–Crippen LogP) is 4.18. The lowest BCUT2D eigenvalue weighted by Crippen LogP contribution is -2.36. The Kier molecular flexibility index (Phi) is 5.61. The number of nitrogens with zero attached hydrogens (tertiary/aromatic N) is 4. The smallest absolute Gasteiger partial charge is 0.261 e. The number of aryl methyl sites for hydroxylation is 1. The summed E-state index contributed by atoms with van der Waals surface area (Å²) in [5.74, 6) is 1.16. The number of hydrogen-bond donors (Lipinski definition) is 3. The van der Waals surface area contributed by atoms with Crippen molar-refractivity contribution < 1.29 is 4.74 Å². The van der Waals surface area contributed by atoms with E-state index in [0.29, 0.717) is 22.9 Å². The Bertz CT molecular complexity index is 1600. The topological polar surface area (TPSA) is 112 Å². The Morgan fingerprint density at radius 1 is 1.03 bits per heavy atom. The van der Waals surface area contributed by atoms with Gasteiger partial charge in [0, 0.05) is 36.6 Å². The van der Waals surface area contributed by atoms with Gasteiger partial charge in [0.2, 0.25) is 0 Å². The van der Waals surface area contributed by atoms with E-state index in [1.807, 2.05) is 31.2 Å². The molecule has 4 heterocycles. The van der Waals surface area contributed by atoms with Crippen molar-refractivity contribution in [3.05, 3.63) is 76.6 Å². The number of hydrogen-bond acceptors (Lipinski definition) is 7.